The standard InChI is InChI=1S/C12H10ClFN2O/c13-7-3-4-10(14)9(6-7)11(17)8-2-1-5-16-12(8)15/h1-6,11,17H,(H2,15,16). The second-order valence-electron chi connectivity index (χ2n) is 3.55. The Morgan fingerprint density at radius 3 is 2.76 bits per heavy atom. The van der Waals surface area contributed by atoms with E-state index in [4.69, 9.17) is 17.3 Å². The van der Waals surface area contributed by atoms with E-state index in [-0.39, 0.29) is 11.4 Å². The van der Waals surface area contributed by atoms with Gasteiger partial charge in [-0.2, -0.15) is 0 Å². The molecule has 2 rings (SSSR count). The first-order valence-corrected chi connectivity index (χ1v) is 5.31. The van der Waals surface area contributed by atoms with Gasteiger partial charge in [-0.1, -0.05) is 17.7 Å². The van der Waals surface area contributed by atoms with Crippen LogP contribution in [0.25, 0.3) is 0 Å². The van der Waals surface area contributed by atoms with Gasteiger partial charge in [0.25, 0.3) is 0 Å². The van der Waals surface area contributed by atoms with E-state index in [1.807, 2.05) is 0 Å². The minimum Gasteiger partial charge on any atom is -0.383 e. The zero-order chi connectivity index (χ0) is 12.4. The highest BCUT2D eigenvalue weighted by molar-refractivity contribution is 6.30. The number of pyridine rings is 1. The maximum atomic E-state index is 13.6. The van der Waals surface area contributed by atoms with Crippen molar-refractivity contribution in [2.45, 2.75) is 6.10 Å². The smallest absolute Gasteiger partial charge is 0.129 e. The molecule has 5 heteroatoms. The van der Waals surface area contributed by atoms with Crippen molar-refractivity contribution in [1.29, 1.82) is 0 Å². The third-order valence-corrected chi connectivity index (χ3v) is 2.65. The van der Waals surface area contributed by atoms with E-state index >= 15 is 0 Å². The summed E-state index contributed by atoms with van der Waals surface area (Å²) in [6, 6.07) is 7.20. The molecule has 0 spiro atoms. The van der Waals surface area contributed by atoms with Crippen LogP contribution in [0.2, 0.25) is 5.02 Å². The van der Waals surface area contributed by atoms with E-state index in [1.54, 1.807) is 12.1 Å². The number of benzene rings is 1. The highest BCUT2D eigenvalue weighted by Gasteiger charge is 2.17. The first kappa shape index (κ1) is 11.8. The summed E-state index contributed by atoms with van der Waals surface area (Å²) in [6.07, 6.45) is 0.322. The van der Waals surface area contributed by atoms with Gasteiger partial charge in [0.2, 0.25) is 0 Å². The van der Waals surface area contributed by atoms with Crippen molar-refractivity contribution >= 4 is 17.4 Å². The molecule has 0 fully saturated rings. The highest BCUT2D eigenvalue weighted by Crippen LogP contribution is 2.28. The molecule has 3 nitrogen and oxygen atoms in total. The molecule has 0 aliphatic rings. The molecular weight excluding hydrogens is 243 g/mol. The van der Waals surface area contributed by atoms with E-state index in [2.05, 4.69) is 4.98 Å². The summed E-state index contributed by atoms with van der Waals surface area (Å²) < 4.78 is 13.6. The van der Waals surface area contributed by atoms with Crippen molar-refractivity contribution in [3.05, 3.63) is 58.5 Å². The van der Waals surface area contributed by atoms with Crippen LogP contribution in [0.15, 0.2) is 36.5 Å². The predicted octanol–water partition coefficient (Wildman–Crippen LogP) is 2.54. The largest absolute Gasteiger partial charge is 0.383 e. The minimum atomic E-state index is -1.18. The Morgan fingerprint density at radius 1 is 1.29 bits per heavy atom. The van der Waals surface area contributed by atoms with Crippen LogP contribution >= 0.6 is 11.6 Å². The molecule has 0 bridgehead atoms. The van der Waals surface area contributed by atoms with Gasteiger partial charge in [-0.25, -0.2) is 9.37 Å². The predicted molar refractivity (Wildman–Crippen MR) is 64.1 cm³/mol. The van der Waals surface area contributed by atoms with Gasteiger partial charge >= 0.3 is 0 Å². The number of anilines is 1. The fraction of sp³-hybridized carbons (Fsp3) is 0.0833. The second kappa shape index (κ2) is 4.69. The fourth-order valence-corrected chi connectivity index (χ4v) is 1.73. The lowest BCUT2D eigenvalue weighted by molar-refractivity contribution is 0.215. The Kier molecular flexibility index (Phi) is 3.26. The topological polar surface area (TPSA) is 59.1 Å². The number of aliphatic hydroxyl groups is 1. The van der Waals surface area contributed by atoms with Gasteiger partial charge in [0.1, 0.15) is 17.7 Å². The lowest BCUT2D eigenvalue weighted by Crippen LogP contribution is -2.07. The zero-order valence-corrected chi connectivity index (χ0v) is 9.53. The summed E-state index contributed by atoms with van der Waals surface area (Å²) in [5.74, 6) is -0.371. The molecule has 1 atom stereocenters. The zero-order valence-electron chi connectivity index (χ0n) is 8.77. The molecule has 3 N–H and O–H groups in total. The summed E-state index contributed by atoms with van der Waals surface area (Å²) in [6.45, 7) is 0. The van der Waals surface area contributed by atoms with Crippen molar-refractivity contribution in [2.75, 3.05) is 5.73 Å². The second-order valence-corrected chi connectivity index (χ2v) is 3.98. The number of hydrogen-bond acceptors (Lipinski definition) is 3. The monoisotopic (exact) mass is 252 g/mol. The molecule has 2 aromatic rings. The molecular formula is C12H10ClFN2O. The van der Waals surface area contributed by atoms with Gasteiger partial charge in [-0.3, -0.25) is 0 Å². The molecule has 1 aromatic heterocycles. The average Bonchev–Trinajstić information content (AvgIpc) is 2.32. The van der Waals surface area contributed by atoms with Crippen LogP contribution in [-0.2, 0) is 0 Å². The molecule has 1 unspecified atom stereocenters. The Balaban J connectivity index is 2.47. The number of nitrogen functional groups attached to an aromatic ring is 1. The maximum absolute atomic E-state index is 13.6. The molecule has 1 heterocycles. The van der Waals surface area contributed by atoms with Crippen molar-refractivity contribution in [3.8, 4) is 0 Å². The number of nitrogens with two attached hydrogens (primary N) is 1. The van der Waals surface area contributed by atoms with Gasteiger partial charge in [0, 0.05) is 22.3 Å². The minimum absolute atomic E-state index is 0.0807. The average molecular weight is 253 g/mol. The van der Waals surface area contributed by atoms with Gasteiger partial charge in [0.05, 0.1) is 0 Å². The van der Waals surface area contributed by atoms with Crippen LogP contribution in [0, 0.1) is 5.82 Å². The molecule has 0 saturated carbocycles. The molecule has 0 amide bonds. The van der Waals surface area contributed by atoms with Gasteiger partial charge < -0.3 is 10.8 Å². The summed E-state index contributed by atoms with van der Waals surface area (Å²) in [4.78, 5) is 3.84. The van der Waals surface area contributed by atoms with E-state index in [9.17, 15) is 9.50 Å². The number of aromatic nitrogens is 1. The van der Waals surface area contributed by atoms with Crippen molar-refractivity contribution in [1.82, 2.24) is 4.98 Å². The van der Waals surface area contributed by atoms with Crippen molar-refractivity contribution in [2.24, 2.45) is 0 Å². The number of hydrogen-bond donors (Lipinski definition) is 2. The Morgan fingerprint density at radius 2 is 2.06 bits per heavy atom. The van der Waals surface area contributed by atoms with Crippen LogP contribution in [0.5, 0.6) is 0 Å². The van der Waals surface area contributed by atoms with Crippen LogP contribution in [0.4, 0.5) is 10.2 Å². The lowest BCUT2D eigenvalue weighted by atomic mass is 10.0. The van der Waals surface area contributed by atoms with Crippen molar-refractivity contribution in [3.63, 3.8) is 0 Å². The summed E-state index contributed by atoms with van der Waals surface area (Å²) in [5.41, 5.74) is 6.06. The first-order chi connectivity index (χ1) is 8.09. The summed E-state index contributed by atoms with van der Waals surface area (Å²) in [5, 5.41) is 10.4. The Hall–Kier alpha value is -1.65. The Bertz CT molecular complexity index is 548. The molecule has 0 aliphatic heterocycles. The van der Waals surface area contributed by atoms with E-state index in [0.717, 1.165) is 0 Å². The molecule has 17 heavy (non-hydrogen) atoms. The molecule has 0 saturated heterocycles. The molecule has 0 aliphatic carbocycles. The summed E-state index contributed by atoms with van der Waals surface area (Å²) in [7, 11) is 0. The molecule has 1 aromatic carbocycles. The van der Waals surface area contributed by atoms with Crippen LogP contribution < -0.4 is 5.73 Å². The Labute approximate surface area is 103 Å². The number of nitrogens with zero attached hydrogens (tertiary/aromatic N) is 1. The molecule has 0 radical (unpaired) electrons. The maximum Gasteiger partial charge on any atom is 0.129 e. The van der Waals surface area contributed by atoms with Crippen LogP contribution in [-0.4, -0.2) is 10.1 Å². The van der Waals surface area contributed by atoms with Crippen molar-refractivity contribution < 1.29 is 9.50 Å². The number of rotatable bonds is 2. The number of halogens is 2. The SMILES string of the molecule is Nc1ncccc1C(O)c1cc(Cl)ccc1F. The van der Waals surface area contributed by atoms with Gasteiger partial charge in [-0.15, -0.1) is 0 Å². The highest BCUT2D eigenvalue weighted by atomic mass is 35.5. The third-order valence-electron chi connectivity index (χ3n) is 2.42. The number of aliphatic hydroxyl groups excluding tert-OH is 1. The van der Waals surface area contributed by atoms with Crippen LogP contribution in [0.3, 0.4) is 0 Å². The molecule has 88 valence electrons. The normalized spacial score (nSPS) is 12.4. The van der Waals surface area contributed by atoms with Gasteiger partial charge in [0.15, 0.2) is 0 Å². The quantitative estimate of drug-likeness (QED) is 0.864. The van der Waals surface area contributed by atoms with E-state index < -0.39 is 11.9 Å². The van der Waals surface area contributed by atoms with E-state index in [1.165, 1.54) is 24.4 Å². The van der Waals surface area contributed by atoms with Crippen LogP contribution in [0.1, 0.15) is 17.2 Å². The van der Waals surface area contributed by atoms with Gasteiger partial charge in [-0.05, 0) is 24.3 Å². The fourth-order valence-electron chi connectivity index (χ4n) is 1.55. The summed E-state index contributed by atoms with van der Waals surface area (Å²) >= 11 is 5.76. The first-order valence-electron chi connectivity index (χ1n) is 4.93. The third kappa shape index (κ3) is 2.38. The lowest BCUT2D eigenvalue weighted by Gasteiger charge is -2.14. The van der Waals surface area contributed by atoms with E-state index in [0.29, 0.717) is 10.6 Å².